The highest BCUT2D eigenvalue weighted by Crippen LogP contribution is 2.35. The minimum absolute atomic E-state index is 0.00746. The molecule has 7 heteroatoms. The second-order valence-electron chi connectivity index (χ2n) is 6.79. The summed E-state index contributed by atoms with van der Waals surface area (Å²) < 4.78 is 13.4. The smallest absolute Gasteiger partial charge is 0.232 e. The van der Waals surface area contributed by atoms with Crippen molar-refractivity contribution < 1.29 is 18.8 Å². The number of carbonyl (C=O) groups is 3. The summed E-state index contributed by atoms with van der Waals surface area (Å²) in [7, 11) is 0. The number of carbonyl (C=O) groups excluding carboxylic acids is 3. The molecular formula is C20H18FN3O3. The van der Waals surface area contributed by atoms with Crippen LogP contribution in [-0.2, 0) is 20.8 Å². The van der Waals surface area contributed by atoms with Crippen LogP contribution in [0.15, 0.2) is 36.4 Å². The van der Waals surface area contributed by atoms with E-state index in [1.807, 2.05) is 12.1 Å². The largest absolute Gasteiger partial charge is 0.326 e. The highest BCUT2D eigenvalue weighted by atomic mass is 19.1. The van der Waals surface area contributed by atoms with Gasteiger partial charge in [-0.1, -0.05) is 6.07 Å². The van der Waals surface area contributed by atoms with Gasteiger partial charge in [-0.2, -0.15) is 0 Å². The molecule has 2 N–H and O–H groups in total. The van der Waals surface area contributed by atoms with Crippen LogP contribution >= 0.6 is 0 Å². The van der Waals surface area contributed by atoms with Gasteiger partial charge in [0.05, 0.1) is 5.92 Å². The third kappa shape index (κ3) is 3.16. The third-order valence-corrected chi connectivity index (χ3v) is 4.99. The molecule has 138 valence electrons. The van der Waals surface area contributed by atoms with E-state index in [0.717, 1.165) is 17.7 Å². The maximum absolute atomic E-state index is 13.4. The molecule has 0 aliphatic carbocycles. The molecule has 0 spiro atoms. The minimum atomic E-state index is -0.684. The Kier molecular flexibility index (Phi) is 4.14. The minimum Gasteiger partial charge on any atom is -0.326 e. The van der Waals surface area contributed by atoms with Crippen LogP contribution < -0.4 is 15.5 Å². The quantitative estimate of drug-likeness (QED) is 0.857. The zero-order chi connectivity index (χ0) is 19.1. The zero-order valence-electron chi connectivity index (χ0n) is 14.7. The van der Waals surface area contributed by atoms with Crippen LogP contribution in [0.25, 0.3) is 0 Å². The van der Waals surface area contributed by atoms with Crippen LogP contribution in [0.4, 0.5) is 21.5 Å². The number of hydrogen-bond acceptors (Lipinski definition) is 3. The van der Waals surface area contributed by atoms with Gasteiger partial charge in [0.15, 0.2) is 0 Å². The normalized spacial score (nSPS) is 17.8. The average molecular weight is 367 g/mol. The molecule has 2 aromatic rings. The van der Waals surface area contributed by atoms with E-state index in [9.17, 15) is 18.8 Å². The molecule has 2 aliphatic rings. The Bertz CT molecular complexity index is 973. The Morgan fingerprint density at radius 2 is 2.04 bits per heavy atom. The molecule has 0 unspecified atom stereocenters. The summed E-state index contributed by atoms with van der Waals surface area (Å²) >= 11 is 0. The van der Waals surface area contributed by atoms with E-state index >= 15 is 0 Å². The molecule has 0 saturated carbocycles. The monoisotopic (exact) mass is 367 g/mol. The fraction of sp³-hybridized carbons (Fsp3) is 0.250. The highest BCUT2D eigenvalue weighted by Gasteiger charge is 2.31. The predicted molar refractivity (Wildman–Crippen MR) is 99.2 cm³/mol. The number of halogens is 1. The van der Waals surface area contributed by atoms with E-state index in [0.29, 0.717) is 23.5 Å². The van der Waals surface area contributed by atoms with Crippen molar-refractivity contribution >= 4 is 34.8 Å². The first-order valence-electron chi connectivity index (χ1n) is 8.73. The van der Waals surface area contributed by atoms with Crippen molar-refractivity contribution in [3.05, 3.63) is 53.3 Å². The van der Waals surface area contributed by atoms with Crippen molar-refractivity contribution in [3.8, 4) is 0 Å². The molecule has 0 aromatic heterocycles. The molecule has 0 radical (unpaired) electrons. The second kappa shape index (κ2) is 6.50. The van der Waals surface area contributed by atoms with Gasteiger partial charge < -0.3 is 15.5 Å². The van der Waals surface area contributed by atoms with Crippen LogP contribution in [0.5, 0.6) is 0 Å². The SMILES string of the molecule is CC(=O)N1CCc2cc(NC(=O)[C@@H]3CC(=O)Nc4cc(F)ccc43)ccc21. The van der Waals surface area contributed by atoms with Crippen LogP contribution in [0, 0.1) is 5.82 Å². The maximum Gasteiger partial charge on any atom is 0.232 e. The summed E-state index contributed by atoms with van der Waals surface area (Å²) in [4.78, 5) is 38.0. The number of nitrogens with one attached hydrogen (secondary N) is 2. The van der Waals surface area contributed by atoms with Crippen molar-refractivity contribution in [1.29, 1.82) is 0 Å². The van der Waals surface area contributed by atoms with E-state index in [4.69, 9.17) is 0 Å². The Morgan fingerprint density at radius 1 is 1.22 bits per heavy atom. The molecule has 4 rings (SSSR count). The molecule has 1 atom stereocenters. The number of amides is 3. The van der Waals surface area contributed by atoms with E-state index in [-0.39, 0.29) is 24.1 Å². The lowest BCUT2D eigenvalue weighted by molar-refractivity contribution is -0.123. The molecule has 0 saturated heterocycles. The van der Waals surface area contributed by atoms with Gasteiger partial charge in [-0.15, -0.1) is 0 Å². The first-order valence-corrected chi connectivity index (χ1v) is 8.73. The molecule has 6 nitrogen and oxygen atoms in total. The van der Waals surface area contributed by atoms with Gasteiger partial charge in [0.25, 0.3) is 0 Å². The molecule has 27 heavy (non-hydrogen) atoms. The number of fused-ring (bicyclic) bond motifs is 2. The van der Waals surface area contributed by atoms with Gasteiger partial charge in [0, 0.05) is 37.0 Å². The third-order valence-electron chi connectivity index (χ3n) is 4.99. The fourth-order valence-electron chi connectivity index (χ4n) is 3.71. The molecule has 0 fully saturated rings. The molecule has 2 heterocycles. The van der Waals surface area contributed by atoms with Gasteiger partial charge in [0.1, 0.15) is 5.82 Å². The number of nitrogens with zero attached hydrogens (tertiary/aromatic N) is 1. The molecule has 2 aliphatic heterocycles. The standard InChI is InChI=1S/C20H18FN3O3/c1-11(25)24-7-6-12-8-14(3-5-18(12)24)22-20(27)16-10-19(26)23-17-9-13(21)2-4-15(16)17/h2-5,8-9,16H,6-7,10H2,1H3,(H,22,27)(H,23,26)/t16-/m1/s1. The topological polar surface area (TPSA) is 78.5 Å². The Morgan fingerprint density at radius 3 is 2.81 bits per heavy atom. The highest BCUT2D eigenvalue weighted by molar-refractivity contribution is 6.05. The summed E-state index contributed by atoms with van der Waals surface area (Å²) in [6.45, 7) is 2.16. The van der Waals surface area contributed by atoms with E-state index in [1.165, 1.54) is 25.1 Å². The van der Waals surface area contributed by atoms with Crippen LogP contribution in [0.3, 0.4) is 0 Å². The summed E-state index contributed by atoms with van der Waals surface area (Å²) in [5, 5.41) is 5.45. The number of benzene rings is 2. The first kappa shape index (κ1) is 17.2. The maximum atomic E-state index is 13.4. The first-order chi connectivity index (χ1) is 12.9. The molecular weight excluding hydrogens is 349 g/mol. The lowest BCUT2D eigenvalue weighted by Crippen LogP contribution is -2.30. The summed E-state index contributed by atoms with van der Waals surface area (Å²) in [6, 6.07) is 9.44. The van der Waals surface area contributed by atoms with Crippen molar-refractivity contribution in [3.63, 3.8) is 0 Å². The van der Waals surface area contributed by atoms with Crippen molar-refractivity contribution in [1.82, 2.24) is 0 Å². The second-order valence-corrected chi connectivity index (χ2v) is 6.79. The Balaban J connectivity index is 1.57. The van der Waals surface area contributed by atoms with E-state index in [2.05, 4.69) is 10.6 Å². The van der Waals surface area contributed by atoms with Gasteiger partial charge in [0.2, 0.25) is 17.7 Å². The Labute approximate surface area is 155 Å². The molecule has 0 bridgehead atoms. The Hall–Kier alpha value is -3.22. The molecule has 3 amide bonds. The number of rotatable bonds is 2. The zero-order valence-corrected chi connectivity index (χ0v) is 14.7. The van der Waals surface area contributed by atoms with Gasteiger partial charge in [-0.05, 0) is 47.9 Å². The van der Waals surface area contributed by atoms with E-state index < -0.39 is 11.7 Å². The van der Waals surface area contributed by atoms with Crippen molar-refractivity contribution in [2.75, 3.05) is 22.1 Å². The van der Waals surface area contributed by atoms with Crippen LogP contribution in [0.2, 0.25) is 0 Å². The lowest BCUT2D eigenvalue weighted by atomic mass is 9.89. The lowest BCUT2D eigenvalue weighted by Gasteiger charge is -2.25. The number of anilines is 3. The summed E-state index contributed by atoms with van der Waals surface area (Å²) in [5.41, 5.74) is 3.39. The fourth-order valence-corrected chi connectivity index (χ4v) is 3.71. The van der Waals surface area contributed by atoms with Gasteiger partial charge in [-0.3, -0.25) is 14.4 Å². The van der Waals surface area contributed by atoms with Crippen molar-refractivity contribution in [2.45, 2.75) is 25.7 Å². The van der Waals surface area contributed by atoms with Crippen molar-refractivity contribution in [2.24, 2.45) is 0 Å². The van der Waals surface area contributed by atoms with Crippen LogP contribution in [-0.4, -0.2) is 24.3 Å². The predicted octanol–water partition coefficient (Wildman–Crippen LogP) is 2.80. The summed E-state index contributed by atoms with van der Waals surface area (Å²) in [6.07, 6.45) is 0.736. The number of hydrogen-bond donors (Lipinski definition) is 2. The molecule has 2 aromatic carbocycles. The van der Waals surface area contributed by atoms with E-state index in [1.54, 1.807) is 11.0 Å². The summed E-state index contributed by atoms with van der Waals surface area (Å²) in [5.74, 6) is -1.80. The van der Waals surface area contributed by atoms with Crippen LogP contribution in [0.1, 0.15) is 30.4 Å². The van der Waals surface area contributed by atoms with Gasteiger partial charge >= 0.3 is 0 Å². The average Bonchev–Trinajstić information content (AvgIpc) is 3.04. The van der Waals surface area contributed by atoms with Gasteiger partial charge in [-0.25, -0.2) is 4.39 Å².